The highest BCUT2D eigenvalue weighted by molar-refractivity contribution is 6.01. The molecule has 1 atom stereocenters. The van der Waals surface area contributed by atoms with E-state index in [2.05, 4.69) is 10.3 Å². The minimum absolute atomic E-state index is 0.0382. The average molecular weight is 340 g/mol. The first-order valence-electron chi connectivity index (χ1n) is 8.19. The quantitative estimate of drug-likeness (QED) is 0.892. The third kappa shape index (κ3) is 3.47. The van der Waals surface area contributed by atoms with E-state index < -0.39 is 11.5 Å². The predicted octanol–water partition coefficient (Wildman–Crippen LogP) is 2.08. The summed E-state index contributed by atoms with van der Waals surface area (Å²) in [5, 5.41) is 2.71. The number of H-pyrrole nitrogens is 1. The van der Waals surface area contributed by atoms with E-state index >= 15 is 0 Å². The van der Waals surface area contributed by atoms with Gasteiger partial charge in [-0.05, 0) is 24.5 Å². The molecule has 0 bridgehead atoms. The number of carbonyl (C=O) groups is 2. The molecule has 1 amide bonds. The molecule has 0 spiro atoms. The number of pyridine rings is 1. The number of ether oxygens (including phenoxy) is 1. The fourth-order valence-electron chi connectivity index (χ4n) is 3.11. The van der Waals surface area contributed by atoms with Crippen LogP contribution in [-0.2, 0) is 13.0 Å². The first kappa shape index (κ1) is 17.0. The van der Waals surface area contributed by atoms with Crippen molar-refractivity contribution in [3.63, 3.8) is 0 Å². The standard InChI is InChI=1S/C19H20N2O4/c1-11-7-15-13(16(22)8-11)9-14(19(24)21-15)18(23)20-10-12-5-3-4-6-17(12)25-2/h3-6,9,11H,7-8,10H2,1-2H3,(H,20,23)(H,21,24). The molecular weight excluding hydrogens is 320 g/mol. The molecule has 1 aromatic carbocycles. The lowest BCUT2D eigenvalue weighted by Crippen LogP contribution is -2.32. The van der Waals surface area contributed by atoms with Crippen LogP contribution < -0.4 is 15.6 Å². The smallest absolute Gasteiger partial charge is 0.261 e. The molecule has 0 saturated carbocycles. The van der Waals surface area contributed by atoms with Crippen LogP contribution in [0.15, 0.2) is 35.1 Å². The highest BCUT2D eigenvalue weighted by atomic mass is 16.5. The summed E-state index contributed by atoms with van der Waals surface area (Å²) < 4.78 is 5.24. The predicted molar refractivity (Wildman–Crippen MR) is 93.0 cm³/mol. The summed E-state index contributed by atoms with van der Waals surface area (Å²) in [5.41, 5.74) is 1.35. The molecule has 3 rings (SSSR count). The van der Waals surface area contributed by atoms with Crippen LogP contribution in [0.1, 0.15) is 45.3 Å². The van der Waals surface area contributed by atoms with Crippen LogP contribution in [0.5, 0.6) is 5.75 Å². The number of Topliss-reactive ketones (excluding diaryl/α,β-unsaturated/α-hetero) is 1. The SMILES string of the molecule is COc1ccccc1CNC(=O)c1cc2c([nH]c1=O)CC(C)CC2=O. The number of para-hydroxylation sites is 1. The Morgan fingerprint density at radius 1 is 1.28 bits per heavy atom. The number of ketones is 1. The highest BCUT2D eigenvalue weighted by Gasteiger charge is 2.25. The van der Waals surface area contributed by atoms with Gasteiger partial charge in [0.2, 0.25) is 0 Å². The largest absolute Gasteiger partial charge is 0.496 e. The van der Waals surface area contributed by atoms with E-state index in [9.17, 15) is 14.4 Å². The molecule has 1 unspecified atom stereocenters. The van der Waals surface area contributed by atoms with Gasteiger partial charge in [0.05, 0.1) is 7.11 Å². The number of benzene rings is 1. The Balaban J connectivity index is 1.82. The number of hydrogen-bond acceptors (Lipinski definition) is 4. The van der Waals surface area contributed by atoms with E-state index in [4.69, 9.17) is 4.74 Å². The molecule has 0 aliphatic heterocycles. The molecule has 2 N–H and O–H groups in total. The van der Waals surface area contributed by atoms with E-state index in [1.54, 1.807) is 13.2 Å². The van der Waals surface area contributed by atoms with E-state index in [-0.39, 0.29) is 23.8 Å². The first-order chi connectivity index (χ1) is 12.0. The zero-order chi connectivity index (χ0) is 18.0. The number of methoxy groups -OCH3 is 1. The number of aromatic nitrogens is 1. The molecule has 6 nitrogen and oxygen atoms in total. The van der Waals surface area contributed by atoms with Gasteiger partial charge in [0.25, 0.3) is 11.5 Å². The van der Waals surface area contributed by atoms with E-state index in [1.807, 2.05) is 25.1 Å². The van der Waals surface area contributed by atoms with Gasteiger partial charge in [0.15, 0.2) is 5.78 Å². The molecule has 2 aromatic rings. The number of nitrogens with one attached hydrogen (secondary N) is 2. The third-order valence-electron chi connectivity index (χ3n) is 4.39. The summed E-state index contributed by atoms with van der Waals surface area (Å²) in [5.74, 6) is 0.303. The Labute approximate surface area is 145 Å². The Bertz CT molecular complexity index is 885. The molecule has 130 valence electrons. The maximum Gasteiger partial charge on any atom is 0.261 e. The van der Waals surface area contributed by atoms with Crippen molar-refractivity contribution in [3.8, 4) is 5.75 Å². The summed E-state index contributed by atoms with van der Waals surface area (Å²) in [6, 6.07) is 8.73. The number of rotatable bonds is 4. The van der Waals surface area contributed by atoms with Gasteiger partial charge >= 0.3 is 0 Å². The molecule has 0 saturated heterocycles. The van der Waals surface area contributed by atoms with Gasteiger partial charge in [0.1, 0.15) is 11.3 Å². The number of hydrogen-bond donors (Lipinski definition) is 2. The minimum atomic E-state index is -0.513. The van der Waals surface area contributed by atoms with Gasteiger partial charge in [-0.2, -0.15) is 0 Å². The Morgan fingerprint density at radius 3 is 2.80 bits per heavy atom. The molecule has 1 aromatic heterocycles. The lowest BCUT2D eigenvalue weighted by Gasteiger charge is -2.20. The van der Waals surface area contributed by atoms with Gasteiger partial charge in [0, 0.05) is 29.8 Å². The summed E-state index contributed by atoms with van der Waals surface area (Å²) >= 11 is 0. The summed E-state index contributed by atoms with van der Waals surface area (Å²) in [6.07, 6.45) is 1.07. The highest BCUT2D eigenvalue weighted by Crippen LogP contribution is 2.23. The van der Waals surface area contributed by atoms with Crippen molar-refractivity contribution < 1.29 is 14.3 Å². The minimum Gasteiger partial charge on any atom is -0.496 e. The van der Waals surface area contributed by atoms with Crippen molar-refractivity contribution in [2.45, 2.75) is 26.3 Å². The van der Waals surface area contributed by atoms with E-state index in [0.29, 0.717) is 29.8 Å². The van der Waals surface area contributed by atoms with Crippen molar-refractivity contribution in [2.75, 3.05) is 7.11 Å². The van der Waals surface area contributed by atoms with E-state index in [1.165, 1.54) is 6.07 Å². The van der Waals surface area contributed by atoms with Gasteiger partial charge < -0.3 is 15.0 Å². The number of aromatic amines is 1. The second-order valence-electron chi connectivity index (χ2n) is 6.34. The maximum atomic E-state index is 12.4. The van der Waals surface area contributed by atoms with Crippen LogP contribution in [-0.4, -0.2) is 23.8 Å². The normalized spacial score (nSPS) is 16.2. The number of carbonyl (C=O) groups excluding carboxylic acids is 2. The van der Waals surface area contributed by atoms with Gasteiger partial charge in [-0.1, -0.05) is 25.1 Å². The lowest BCUT2D eigenvalue weighted by molar-refractivity contribution is 0.0949. The molecule has 1 heterocycles. The second kappa shape index (κ2) is 6.93. The van der Waals surface area contributed by atoms with Crippen molar-refractivity contribution in [1.29, 1.82) is 0 Å². The van der Waals surface area contributed by atoms with Crippen molar-refractivity contribution in [3.05, 3.63) is 63.1 Å². The summed E-state index contributed by atoms with van der Waals surface area (Å²) in [6.45, 7) is 2.19. The van der Waals surface area contributed by atoms with Gasteiger partial charge in [-0.3, -0.25) is 14.4 Å². The Kier molecular flexibility index (Phi) is 4.70. The zero-order valence-electron chi connectivity index (χ0n) is 14.2. The van der Waals surface area contributed by atoms with Crippen LogP contribution in [0.25, 0.3) is 0 Å². The second-order valence-corrected chi connectivity index (χ2v) is 6.34. The topological polar surface area (TPSA) is 88.3 Å². The van der Waals surface area contributed by atoms with Crippen LogP contribution in [0.3, 0.4) is 0 Å². The molecule has 0 fully saturated rings. The Morgan fingerprint density at radius 2 is 2.04 bits per heavy atom. The van der Waals surface area contributed by atoms with Gasteiger partial charge in [-0.25, -0.2) is 0 Å². The van der Waals surface area contributed by atoms with Crippen molar-refractivity contribution in [2.24, 2.45) is 5.92 Å². The molecule has 6 heteroatoms. The van der Waals surface area contributed by atoms with E-state index in [0.717, 1.165) is 5.56 Å². The maximum absolute atomic E-state index is 12.4. The van der Waals surface area contributed by atoms with Crippen LogP contribution in [0, 0.1) is 5.92 Å². The van der Waals surface area contributed by atoms with Crippen LogP contribution >= 0.6 is 0 Å². The monoisotopic (exact) mass is 340 g/mol. The molecule has 1 aliphatic rings. The number of amides is 1. The average Bonchev–Trinajstić information content (AvgIpc) is 2.59. The first-order valence-corrected chi connectivity index (χ1v) is 8.19. The van der Waals surface area contributed by atoms with Crippen LogP contribution in [0.2, 0.25) is 0 Å². The zero-order valence-corrected chi connectivity index (χ0v) is 14.2. The van der Waals surface area contributed by atoms with Gasteiger partial charge in [-0.15, -0.1) is 0 Å². The molecular formula is C19H20N2O4. The Hall–Kier alpha value is -2.89. The van der Waals surface area contributed by atoms with Crippen molar-refractivity contribution >= 4 is 11.7 Å². The lowest BCUT2D eigenvalue weighted by atomic mass is 9.86. The third-order valence-corrected chi connectivity index (χ3v) is 4.39. The van der Waals surface area contributed by atoms with Crippen LogP contribution in [0.4, 0.5) is 0 Å². The summed E-state index contributed by atoms with van der Waals surface area (Å²) in [7, 11) is 1.56. The molecule has 1 aliphatic carbocycles. The molecule has 0 radical (unpaired) electrons. The van der Waals surface area contributed by atoms with Crippen molar-refractivity contribution in [1.82, 2.24) is 10.3 Å². The fraction of sp³-hybridized carbons (Fsp3) is 0.316. The fourth-order valence-corrected chi connectivity index (χ4v) is 3.11. The summed E-state index contributed by atoms with van der Waals surface area (Å²) in [4.78, 5) is 39.5. The number of fused-ring (bicyclic) bond motifs is 1. The molecule has 25 heavy (non-hydrogen) atoms.